The predicted octanol–water partition coefficient (Wildman–Crippen LogP) is 2.64. The Morgan fingerprint density at radius 1 is 0.727 bits per heavy atom. The van der Waals surface area contributed by atoms with Gasteiger partial charge in [-0.3, -0.25) is 14.4 Å². The molecule has 0 saturated carbocycles. The summed E-state index contributed by atoms with van der Waals surface area (Å²) in [7, 11) is 0. The number of benzene rings is 1. The number of esters is 3. The second kappa shape index (κ2) is 7.06. The van der Waals surface area contributed by atoms with Gasteiger partial charge < -0.3 is 14.2 Å². The Hall–Kier alpha value is -2.37. The molecule has 0 heterocycles. The molecule has 0 aliphatic rings. The smallest absolute Gasteiger partial charge is 0.308 e. The van der Waals surface area contributed by atoms with Crippen LogP contribution in [0.15, 0.2) is 0 Å². The van der Waals surface area contributed by atoms with Gasteiger partial charge in [-0.15, -0.1) is 0 Å². The van der Waals surface area contributed by atoms with Crippen molar-refractivity contribution in [3.8, 4) is 17.2 Å². The highest BCUT2D eigenvalue weighted by Gasteiger charge is 2.24. The van der Waals surface area contributed by atoms with E-state index in [2.05, 4.69) is 0 Å². The molecule has 0 unspecified atom stereocenters. The van der Waals surface area contributed by atoms with Gasteiger partial charge in [-0.2, -0.15) is 0 Å². The summed E-state index contributed by atoms with van der Waals surface area (Å²) in [6.45, 7) is 9.02. The lowest BCUT2D eigenvalue weighted by molar-refractivity contribution is -0.132. The summed E-state index contributed by atoms with van der Waals surface area (Å²) >= 11 is 0. The Bertz CT molecular complexity index is 587. The number of ether oxygens (including phenoxy) is 3. The molecule has 1 rings (SSSR count). The van der Waals surface area contributed by atoms with Crippen LogP contribution in [0.1, 0.15) is 44.4 Å². The van der Waals surface area contributed by atoms with Gasteiger partial charge in [0.25, 0.3) is 0 Å². The first kappa shape index (κ1) is 17.7. The molecule has 0 radical (unpaired) electrons. The van der Waals surface area contributed by atoms with Gasteiger partial charge in [-0.05, 0) is 20.3 Å². The summed E-state index contributed by atoms with van der Waals surface area (Å²) in [5.74, 6) is -0.787. The molecule has 0 aliphatic heterocycles. The number of carbonyl (C=O) groups is 3. The summed E-state index contributed by atoms with van der Waals surface area (Å²) in [6, 6.07) is 0. The van der Waals surface area contributed by atoms with Crippen molar-refractivity contribution < 1.29 is 28.6 Å². The van der Waals surface area contributed by atoms with Crippen LogP contribution in [0.25, 0.3) is 0 Å². The van der Waals surface area contributed by atoms with E-state index in [1.54, 1.807) is 13.8 Å². The van der Waals surface area contributed by atoms with E-state index in [0.717, 1.165) is 0 Å². The topological polar surface area (TPSA) is 78.9 Å². The van der Waals surface area contributed by atoms with Crippen molar-refractivity contribution >= 4 is 17.9 Å². The minimum atomic E-state index is -0.516. The maximum atomic E-state index is 11.3. The Labute approximate surface area is 129 Å². The molecule has 120 valence electrons. The monoisotopic (exact) mass is 308 g/mol. The Balaban J connectivity index is 3.69. The largest absolute Gasteiger partial charge is 0.426 e. The van der Waals surface area contributed by atoms with Crippen LogP contribution in [0.4, 0.5) is 0 Å². The van der Waals surface area contributed by atoms with Gasteiger partial charge in [-0.25, -0.2) is 0 Å². The molecule has 6 heteroatoms. The predicted molar refractivity (Wildman–Crippen MR) is 79.2 cm³/mol. The lowest BCUT2D eigenvalue weighted by Gasteiger charge is -2.20. The summed E-state index contributed by atoms with van der Waals surface area (Å²) in [5, 5.41) is 0. The maximum Gasteiger partial charge on any atom is 0.308 e. The van der Waals surface area contributed by atoms with Crippen LogP contribution in [-0.4, -0.2) is 17.9 Å². The van der Waals surface area contributed by atoms with E-state index >= 15 is 0 Å². The van der Waals surface area contributed by atoms with E-state index in [0.29, 0.717) is 23.1 Å². The Kier molecular flexibility index (Phi) is 5.68. The highest BCUT2D eigenvalue weighted by atomic mass is 16.6. The number of rotatable bonds is 4. The number of carbonyl (C=O) groups excluding carboxylic acids is 3. The van der Waals surface area contributed by atoms with Crippen molar-refractivity contribution in [2.45, 2.75) is 48.0 Å². The summed E-state index contributed by atoms with van der Waals surface area (Å²) < 4.78 is 15.7. The second-order valence-corrected chi connectivity index (χ2v) is 4.85. The van der Waals surface area contributed by atoms with E-state index in [1.165, 1.54) is 20.8 Å². The first-order chi connectivity index (χ1) is 10.2. The molecule has 0 aliphatic carbocycles. The molecule has 0 saturated heterocycles. The van der Waals surface area contributed by atoms with Gasteiger partial charge in [0.1, 0.15) is 17.2 Å². The normalized spacial score (nSPS) is 10.1. The highest BCUT2D eigenvalue weighted by Crippen LogP contribution is 2.43. The molecule has 0 aromatic heterocycles. The Morgan fingerprint density at radius 2 is 1.05 bits per heavy atom. The first-order valence-electron chi connectivity index (χ1n) is 6.90. The maximum absolute atomic E-state index is 11.3. The van der Waals surface area contributed by atoms with Crippen molar-refractivity contribution in [2.75, 3.05) is 0 Å². The number of hydrogen-bond acceptors (Lipinski definition) is 6. The third-order valence-electron chi connectivity index (χ3n) is 3.00. The molecular weight excluding hydrogens is 288 g/mol. The minimum absolute atomic E-state index is 0.234. The van der Waals surface area contributed by atoms with E-state index in [9.17, 15) is 14.4 Å². The van der Waals surface area contributed by atoms with Crippen molar-refractivity contribution in [1.82, 2.24) is 0 Å². The van der Waals surface area contributed by atoms with Crippen molar-refractivity contribution in [2.24, 2.45) is 0 Å². The van der Waals surface area contributed by atoms with Gasteiger partial charge in [0, 0.05) is 37.5 Å². The van der Waals surface area contributed by atoms with Crippen LogP contribution in [0.2, 0.25) is 0 Å². The molecule has 0 spiro atoms. The zero-order valence-corrected chi connectivity index (χ0v) is 13.7. The van der Waals surface area contributed by atoms with Crippen LogP contribution in [0, 0.1) is 13.8 Å². The third-order valence-corrected chi connectivity index (χ3v) is 3.00. The van der Waals surface area contributed by atoms with Crippen LogP contribution in [-0.2, 0) is 20.8 Å². The third kappa shape index (κ3) is 3.84. The van der Waals surface area contributed by atoms with Crippen LogP contribution < -0.4 is 14.2 Å². The Morgan fingerprint density at radius 3 is 1.32 bits per heavy atom. The standard InChI is InChI=1S/C16H20O6/c1-7-13-15(21-11(5)18)8(2)14(20-10(4)17)9(3)16(13)22-12(6)19/h7H2,1-6H3. The first-order valence-corrected chi connectivity index (χ1v) is 6.90. The lowest BCUT2D eigenvalue weighted by atomic mass is 10.00. The SMILES string of the molecule is CCc1c(OC(C)=O)c(C)c(OC(C)=O)c(C)c1OC(C)=O. The van der Waals surface area contributed by atoms with E-state index < -0.39 is 17.9 Å². The van der Waals surface area contributed by atoms with Gasteiger partial charge in [0.05, 0.1) is 0 Å². The van der Waals surface area contributed by atoms with E-state index in [-0.39, 0.29) is 17.2 Å². The van der Waals surface area contributed by atoms with Gasteiger partial charge in [0.2, 0.25) is 0 Å². The fraction of sp³-hybridized carbons (Fsp3) is 0.438. The quantitative estimate of drug-likeness (QED) is 0.628. The molecule has 1 aromatic carbocycles. The van der Waals surface area contributed by atoms with Crippen LogP contribution in [0.5, 0.6) is 17.2 Å². The van der Waals surface area contributed by atoms with Gasteiger partial charge in [-0.1, -0.05) is 6.92 Å². The minimum Gasteiger partial charge on any atom is -0.426 e. The van der Waals surface area contributed by atoms with Gasteiger partial charge >= 0.3 is 17.9 Å². The second-order valence-electron chi connectivity index (χ2n) is 4.85. The van der Waals surface area contributed by atoms with Crippen molar-refractivity contribution in [3.05, 3.63) is 16.7 Å². The number of hydrogen-bond donors (Lipinski definition) is 0. The van der Waals surface area contributed by atoms with E-state index in [1.807, 2.05) is 6.92 Å². The van der Waals surface area contributed by atoms with Crippen molar-refractivity contribution in [3.63, 3.8) is 0 Å². The zero-order valence-electron chi connectivity index (χ0n) is 13.7. The highest BCUT2D eigenvalue weighted by molar-refractivity contribution is 5.78. The van der Waals surface area contributed by atoms with Gasteiger partial charge in [0.15, 0.2) is 0 Å². The summed E-state index contributed by atoms with van der Waals surface area (Å²) in [5.41, 5.74) is 1.60. The van der Waals surface area contributed by atoms with Crippen LogP contribution in [0.3, 0.4) is 0 Å². The molecule has 22 heavy (non-hydrogen) atoms. The summed E-state index contributed by atoms with van der Waals surface area (Å²) in [6.07, 6.45) is 0.479. The summed E-state index contributed by atoms with van der Waals surface area (Å²) in [4.78, 5) is 34.0. The average Bonchev–Trinajstić information content (AvgIpc) is 2.39. The fourth-order valence-corrected chi connectivity index (χ4v) is 2.22. The van der Waals surface area contributed by atoms with E-state index in [4.69, 9.17) is 14.2 Å². The molecule has 0 N–H and O–H groups in total. The molecular formula is C16H20O6. The zero-order chi connectivity index (χ0) is 17.0. The molecule has 6 nitrogen and oxygen atoms in total. The van der Waals surface area contributed by atoms with Crippen LogP contribution >= 0.6 is 0 Å². The van der Waals surface area contributed by atoms with Crippen molar-refractivity contribution in [1.29, 1.82) is 0 Å². The lowest BCUT2D eigenvalue weighted by Crippen LogP contribution is -2.13. The molecule has 0 bridgehead atoms. The molecule has 1 aromatic rings. The fourth-order valence-electron chi connectivity index (χ4n) is 2.22. The average molecular weight is 308 g/mol. The molecule has 0 fully saturated rings. The molecule has 0 amide bonds. The molecule has 0 atom stereocenters.